The third kappa shape index (κ3) is 4.74. The lowest BCUT2D eigenvalue weighted by molar-refractivity contribution is -0.136. The summed E-state index contributed by atoms with van der Waals surface area (Å²) in [6.45, 7) is 6.82. The highest BCUT2D eigenvalue weighted by Crippen LogP contribution is 2.29. The number of carbonyl (C=O) groups excluding carboxylic acids is 2. The molecule has 2 amide bonds. The molecule has 0 saturated carbocycles. The van der Waals surface area contributed by atoms with Crippen molar-refractivity contribution in [3.05, 3.63) is 35.6 Å². The van der Waals surface area contributed by atoms with Crippen LogP contribution in [-0.2, 0) is 16.0 Å². The van der Waals surface area contributed by atoms with Crippen LogP contribution in [0.5, 0.6) is 0 Å². The lowest BCUT2D eigenvalue weighted by Crippen LogP contribution is -2.50. The SMILES string of the molecule is CC(C)(C)OC(=O)N1CCC[C@@H]1C(=O)N1CCC[C@H]1CCc1cc2ccc(C#N)cc2o1. The van der Waals surface area contributed by atoms with Crippen molar-refractivity contribution in [3.63, 3.8) is 0 Å². The highest BCUT2D eigenvalue weighted by atomic mass is 16.6. The number of nitrogens with zero attached hydrogens (tertiary/aromatic N) is 3. The summed E-state index contributed by atoms with van der Waals surface area (Å²) in [5.41, 5.74) is 0.721. The van der Waals surface area contributed by atoms with Gasteiger partial charge in [0.2, 0.25) is 5.91 Å². The van der Waals surface area contributed by atoms with Crippen LogP contribution >= 0.6 is 0 Å². The number of likely N-dealkylation sites (tertiary alicyclic amines) is 2. The molecule has 170 valence electrons. The number of rotatable bonds is 4. The molecule has 7 nitrogen and oxygen atoms in total. The molecule has 32 heavy (non-hydrogen) atoms. The monoisotopic (exact) mass is 437 g/mol. The summed E-state index contributed by atoms with van der Waals surface area (Å²) in [6, 6.07) is 9.31. The maximum absolute atomic E-state index is 13.4. The fourth-order valence-electron chi connectivity index (χ4n) is 4.77. The van der Waals surface area contributed by atoms with Crippen LogP contribution < -0.4 is 0 Å². The Morgan fingerprint density at radius 3 is 2.66 bits per heavy atom. The third-order valence-corrected chi connectivity index (χ3v) is 6.25. The summed E-state index contributed by atoms with van der Waals surface area (Å²) in [5.74, 6) is 0.907. The normalized spacial score (nSPS) is 21.2. The molecule has 4 rings (SSSR count). The van der Waals surface area contributed by atoms with Crippen molar-refractivity contribution in [2.24, 2.45) is 0 Å². The molecule has 2 aliphatic heterocycles. The second-order valence-electron chi connectivity index (χ2n) is 9.78. The van der Waals surface area contributed by atoms with Crippen LogP contribution in [0.15, 0.2) is 28.7 Å². The summed E-state index contributed by atoms with van der Waals surface area (Å²) < 4.78 is 11.5. The lowest BCUT2D eigenvalue weighted by atomic mass is 10.1. The van der Waals surface area contributed by atoms with Crippen molar-refractivity contribution in [2.45, 2.75) is 77.0 Å². The molecule has 2 saturated heterocycles. The first-order chi connectivity index (χ1) is 15.2. The number of benzene rings is 1. The van der Waals surface area contributed by atoms with Gasteiger partial charge in [-0.2, -0.15) is 5.26 Å². The van der Waals surface area contributed by atoms with Gasteiger partial charge in [-0.05, 0) is 77.1 Å². The topological polar surface area (TPSA) is 86.8 Å². The van der Waals surface area contributed by atoms with Crippen molar-refractivity contribution < 1.29 is 18.7 Å². The highest BCUT2D eigenvalue weighted by Gasteiger charge is 2.41. The largest absolute Gasteiger partial charge is 0.461 e. The number of furan rings is 1. The molecule has 0 radical (unpaired) electrons. The van der Waals surface area contributed by atoms with Gasteiger partial charge in [-0.1, -0.05) is 0 Å². The number of amides is 2. The van der Waals surface area contributed by atoms with Crippen molar-refractivity contribution in [1.82, 2.24) is 9.80 Å². The predicted octanol–water partition coefficient (Wildman–Crippen LogP) is 4.63. The van der Waals surface area contributed by atoms with Gasteiger partial charge >= 0.3 is 6.09 Å². The van der Waals surface area contributed by atoms with Gasteiger partial charge in [0.15, 0.2) is 0 Å². The Morgan fingerprint density at radius 1 is 1.16 bits per heavy atom. The van der Waals surface area contributed by atoms with E-state index >= 15 is 0 Å². The molecular weight excluding hydrogens is 406 g/mol. The summed E-state index contributed by atoms with van der Waals surface area (Å²) in [7, 11) is 0. The molecule has 2 atom stereocenters. The fraction of sp³-hybridized carbons (Fsp3) is 0.560. The van der Waals surface area contributed by atoms with Crippen LogP contribution in [0.3, 0.4) is 0 Å². The molecule has 0 unspecified atom stereocenters. The third-order valence-electron chi connectivity index (χ3n) is 6.25. The molecule has 2 aliphatic rings. The minimum Gasteiger partial charge on any atom is -0.461 e. The number of carbonyl (C=O) groups is 2. The van der Waals surface area contributed by atoms with Crippen LogP contribution in [0, 0.1) is 11.3 Å². The van der Waals surface area contributed by atoms with E-state index < -0.39 is 17.7 Å². The molecule has 3 heterocycles. The van der Waals surface area contributed by atoms with Crippen LogP contribution in [0.2, 0.25) is 0 Å². The molecule has 0 bridgehead atoms. The van der Waals surface area contributed by atoms with Gasteiger partial charge in [-0.25, -0.2) is 4.79 Å². The minimum absolute atomic E-state index is 0.0409. The molecule has 0 N–H and O–H groups in total. The average molecular weight is 438 g/mol. The molecule has 7 heteroatoms. The summed E-state index contributed by atoms with van der Waals surface area (Å²) in [4.78, 5) is 29.6. The summed E-state index contributed by atoms with van der Waals surface area (Å²) >= 11 is 0. The number of hydrogen-bond acceptors (Lipinski definition) is 5. The Labute approximate surface area is 188 Å². The first-order valence-electron chi connectivity index (χ1n) is 11.5. The lowest BCUT2D eigenvalue weighted by Gasteiger charge is -2.32. The molecular formula is C25H31N3O4. The zero-order valence-electron chi connectivity index (χ0n) is 19.1. The average Bonchev–Trinajstić information content (AvgIpc) is 3.48. The zero-order valence-corrected chi connectivity index (χ0v) is 19.1. The maximum atomic E-state index is 13.4. The highest BCUT2D eigenvalue weighted by molar-refractivity contribution is 5.87. The molecule has 1 aromatic carbocycles. The second kappa shape index (κ2) is 8.85. The first kappa shape index (κ1) is 22.2. The number of nitriles is 1. The molecule has 1 aromatic heterocycles. The molecule has 0 aliphatic carbocycles. The van der Waals surface area contributed by atoms with Gasteiger partial charge in [-0.3, -0.25) is 9.69 Å². The van der Waals surface area contributed by atoms with E-state index in [-0.39, 0.29) is 11.9 Å². The van der Waals surface area contributed by atoms with E-state index in [4.69, 9.17) is 14.4 Å². The van der Waals surface area contributed by atoms with Crippen molar-refractivity contribution >= 4 is 23.0 Å². The van der Waals surface area contributed by atoms with Gasteiger partial charge in [0.05, 0.1) is 11.6 Å². The maximum Gasteiger partial charge on any atom is 0.410 e. The molecule has 0 spiro atoms. The van der Waals surface area contributed by atoms with Crippen LogP contribution in [0.25, 0.3) is 11.0 Å². The second-order valence-corrected chi connectivity index (χ2v) is 9.78. The summed E-state index contributed by atoms with van der Waals surface area (Å²) in [6.07, 6.45) is 4.58. The van der Waals surface area contributed by atoms with Crippen molar-refractivity contribution in [2.75, 3.05) is 13.1 Å². The number of ether oxygens (including phenoxy) is 1. The van der Waals surface area contributed by atoms with E-state index in [0.29, 0.717) is 18.5 Å². The van der Waals surface area contributed by atoms with Gasteiger partial charge < -0.3 is 14.1 Å². The van der Waals surface area contributed by atoms with E-state index in [0.717, 1.165) is 55.4 Å². The first-order valence-corrected chi connectivity index (χ1v) is 11.5. The Hall–Kier alpha value is -3.01. The Kier molecular flexibility index (Phi) is 6.14. The van der Waals surface area contributed by atoms with E-state index in [1.807, 2.05) is 37.8 Å². The Bertz CT molecular complexity index is 1050. The Morgan fingerprint density at radius 2 is 1.91 bits per heavy atom. The number of fused-ring (bicyclic) bond motifs is 1. The summed E-state index contributed by atoms with van der Waals surface area (Å²) in [5, 5.41) is 10.1. The molecule has 2 fully saturated rings. The van der Waals surface area contributed by atoms with Crippen LogP contribution in [0.4, 0.5) is 4.79 Å². The number of hydrogen-bond donors (Lipinski definition) is 0. The quantitative estimate of drug-likeness (QED) is 0.696. The van der Waals surface area contributed by atoms with Crippen LogP contribution in [-0.4, -0.2) is 52.6 Å². The zero-order chi connectivity index (χ0) is 22.9. The van der Waals surface area contributed by atoms with E-state index in [2.05, 4.69) is 6.07 Å². The smallest absolute Gasteiger partial charge is 0.410 e. The van der Waals surface area contributed by atoms with E-state index in [1.54, 1.807) is 17.0 Å². The van der Waals surface area contributed by atoms with Crippen molar-refractivity contribution in [1.29, 1.82) is 5.26 Å². The number of aryl methyl sites for hydroxylation is 1. The molecule has 2 aromatic rings. The van der Waals surface area contributed by atoms with E-state index in [1.165, 1.54) is 0 Å². The van der Waals surface area contributed by atoms with E-state index in [9.17, 15) is 9.59 Å². The predicted molar refractivity (Wildman–Crippen MR) is 120 cm³/mol. The van der Waals surface area contributed by atoms with Gasteiger partial charge in [0.25, 0.3) is 0 Å². The van der Waals surface area contributed by atoms with Gasteiger partial charge in [0.1, 0.15) is 23.0 Å². The standard InChI is InChI=1S/C25H31N3O4/c1-25(2,3)32-24(30)28-13-5-7-21(28)23(29)27-12-4-6-19(27)10-11-20-15-18-9-8-17(16-26)14-22(18)31-20/h8-9,14-15,19,21H,4-7,10-13H2,1-3H3/t19-,21+/m0/s1. The van der Waals surface area contributed by atoms with Crippen molar-refractivity contribution in [3.8, 4) is 6.07 Å². The Balaban J connectivity index is 1.40. The minimum atomic E-state index is -0.579. The van der Waals surface area contributed by atoms with Gasteiger partial charge in [-0.15, -0.1) is 0 Å². The van der Waals surface area contributed by atoms with Gasteiger partial charge in [0, 0.05) is 30.9 Å². The van der Waals surface area contributed by atoms with Crippen LogP contribution in [0.1, 0.15) is 64.2 Å². The fourth-order valence-corrected chi connectivity index (χ4v) is 4.77.